The second kappa shape index (κ2) is 6.88. The number of oxazole rings is 1. The Morgan fingerprint density at radius 3 is 2.77 bits per heavy atom. The number of anilines is 1. The van der Waals surface area contributed by atoms with E-state index < -0.39 is 0 Å². The Labute approximate surface area is 150 Å². The number of hydrogen-bond acceptors (Lipinski definition) is 4. The lowest BCUT2D eigenvalue weighted by molar-refractivity contribution is -0.120. The summed E-state index contributed by atoms with van der Waals surface area (Å²) in [6.07, 6.45) is 3.57. The summed E-state index contributed by atoms with van der Waals surface area (Å²) in [5.74, 6) is 0.0655. The molecule has 6 heteroatoms. The zero-order valence-electron chi connectivity index (χ0n) is 14.2. The van der Waals surface area contributed by atoms with Crippen LogP contribution in [0.1, 0.15) is 25.7 Å². The number of nitrogens with one attached hydrogen (secondary N) is 1. The second-order valence-electron chi connectivity index (χ2n) is 6.82. The van der Waals surface area contributed by atoms with E-state index in [4.69, 9.17) is 10.2 Å². The number of nitrogens with two attached hydrogens (primary N) is 1. The molecule has 26 heavy (non-hydrogen) atoms. The van der Waals surface area contributed by atoms with E-state index in [9.17, 15) is 9.18 Å². The summed E-state index contributed by atoms with van der Waals surface area (Å²) in [4.78, 5) is 16.9. The van der Waals surface area contributed by atoms with Crippen LogP contribution >= 0.6 is 0 Å². The van der Waals surface area contributed by atoms with Crippen molar-refractivity contribution < 1.29 is 13.6 Å². The third kappa shape index (κ3) is 3.46. The van der Waals surface area contributed by atoms with Gasteiger partial charge < -0.3 is 15.5 Å². The third-order valence-corrected chi connectivity index (χ3v) is 4.83. The maximum Gasteiger partial charge on any atom is 0.227 e. The molecule has 1 aliphatic carbocycles. The van der Waals surface area contributed by atoms with Crippen molar-refractivity contribution in [1.82, 2.24) is 4.98 Å². The number of hydrogen-bond donors (Lipinski definition) is 2. The van der Waals surface area contributed by atoms with Gasteiger partial charge in [0.1, 0.15) is 11.3 Å². The first-order valence-electron chi connectivity index (χ1n) is 8.81. The highest BCUT2D eigenvalue weighted by Crippen LogP contribution is 2.28. The van der Waals surface area contributed by atoms with E-state index in [1.165, 1.54) is 12.1 Å². The summed E-state index contributed by atoms with van der Waals surface area (Å²) < 4.78 is 18.8. The predicted octanol–water partition coefficient (Wildman–Crippen LogP) is 4.09. The number of carbonyl (C=O) groups excluding carboxylic acids is 1. The second-order valence-corrected chi connectivity index (χ2v) is 6.82. The van der Waals surface area contributed by atoms with E-state index in [2.05, 4.69) is 10.3 Å². The lowest BCUT2D eigenvalue weighted by Gasteiger charge is -2.25. The Balaban J connectivity index is 1.54. The van der Waals surface area contributed by atoms with Crippen LogP contribution in [-0.2, 0) is 4.79 Å². The number of nitrogens with zero attached hydrogens (tertiary/aromatic N) is 1. The van der Waals surface area contributed by atoms with Gasteiger partial charge in [-0.15, -0.1) is 0 Å². The molecule has 0 bridgehead atoms. The monoisotopic (exact) mass is 353 g/mol. The number of aromatic nitrogens is 1. The molecule has 1 aromatic heterocycles. The molecule has 1 saturated carbocycles. The molecule has 1 aliphatic rings. The SMILES string of the molecule is NC1CCCC(C(=O)Nc2ccc3nc(-c4ccc(F)cc4)oc3c2)C1. The molecule has 0 aliphatic heterocycles. The highest BCUT2D eigenvalue weighted by atomic mass is 19.1. The topological polar surface area (TPSA) is 81.2 Å². The number of benzene rings is 2. The van der Waals surface area contributed by atoms with Gasteiger partial charge in [0.15, 0.2) is 5.58 Å². The molecule has 0 spiro atoms. The Morgan fingerprint density at radius 1 is 1.19 bits per heavy atom. The van der Waals surface area contributed by atoms with Gasteiger partial charge in [-0.1, -0.05) is 6.42 Å². The lowest BCUT2D eigenvalue weighted by Crippen LogP contribution is -2.34. The van der Waals surface area contributed by atoms with Gasteiger partial charge in [-0.25, -0.2) is 9.37 Å². The summed E-state index contributed by atoms with van der Waals surface area (Å²) in [7, 11) is 0. The Kier molecular flexibility index (Phi) is 4.42. The fourth-order valence-electron chi connectivity index (χ4n) is 3.43. The lowest BCUT2D eigenvalue weighted by atomic mass is 9.85. The van der Waals surface area contributed by atoms with Crippen molar-refractivity contribution in [2.45, 2.75) is 31.7 Å². The van der Waals surface area contributed by atoms with Crippen LogP contribution in [0.5, 0.6) is 0 Å². The van der Waals surface area contributed by atoms with Crippen LogP contribution in [0.4, 0.5) is 10.1 Å². The van der Waals surface area contributed by atoms with E-state index in [0.717, 1.165) is 25.7 Å². The van der Waals surface area contributed by atoms with Crippen molar-refractivity contribution in [2.24, 2.45) is 11.7 Å². The molecule has 2 unspecified atom stereocenters. The highest BCUT2D eigenvalue weighted by Gasteiger charge is 2.25. The standard InChI is InChI=1S/C20H20FN3O2/c21-14-6-4-12(5-7-14)20-24-17-9-8-16(11-18(17)26-20)23-19(25)13-2-1-3-15(22)10-13/h4-9,11,13,15H,1-3,10,22H2,(H,23,25). The van der Waals surface area contributed by atoms with Crippen molar-refractivity contribution in [3.63, 3.8) is 0 Å². The molecule has 4 rings (SSSR count). The van der Waals surface area contributed by atoms with Crippen LogP contribution in [0.3, 0.4) is 0 Å². The van der Waals surface area contributed by atoms with E-state index in [-0.39, 0.29) is 23.7 Å². The average Bonchev–Trinajstić information content (AvgIpc) is 3.05. The molecule has 0 saturated heterocycles. The van der Waals surface area contributed by atoms with Crippen molar-refractivity contribution in [3.05, 3.63) is 48.3 Å². The molecule has 2 aromatic carbocycles. The van der Waals surface area contributed by atoms with Gasteiger partial charge in [0, 0.05) is 29.3 Å². The van der Waals surface area contributed by atoms with Crippen LogP contribution in [0, 0.1) is 11.7 Å². The smallest absolute Gasteiger partial charge is 0.227 e. The van der Waals surface area contributed by atoms with Crippen molar-refractivity contribution >= 4 is 22.7 Å². The summed E-state index contributed by atoms with van der Waals surface area (Å²) >= 11 is 0. The molecule has 1 fully saturated rings. The minimum atomic E-state index is -0.308. The Bertz CT molecular complexity index is 936. The largest absolute Gasteiger partial charge is 0.436 e. The van der Waals surface area contributed by atoms with Gasteiger partial charge in [0.2, 0.25) is 11.8 Å². The fraction of sp³-hybridized carbons (Fsp3) is 0.300. The number of carbonyl (C=O) groups is 1. The minimum Gasteiger partial charge on any atom is -0.436 e. The maximum absolute atomic E-state index is 13.1. The van der Waals surface area contributed by atoms with E-state index in [1.54, 1.807) is 30.3 Å². The molecule has 1 amide bonds. The summed E-state index contributed by atoms with van der Waals surface area (Å²) in [6, 6.07) is 11.4. The number of halogens is 1. The molecule has 3 N–H and O–H groups in total. The van der Waals surface area contributed by atoms with Crippen LogP contribution in [0.25, 0.3) is 22.6 Å². The van der Waals surface area contributed by atoms with Crippen LogP contribution < -0.4 is 11.1 Å². The zero-order valence-corrected chi connectivity index (χ0v) is 14.2. The molecule has 1 heterocycles. The van der Waals surface area contributed by atoms with Gasteiger partial charge >= 0.3 is 0 Å². The van der Waals surface area contributed by atoms with Crippen LogP contribution in [0.15, 0.2) is 46.9 Å². The normalized spacial score (nSPS) is 20.2. The van der Waals surface area contributed by atoms with Crippen LogP contribution in [0.2, 0.25) is 0 Å². The summed E-state index contributed by atoms with van der Waals surface area (Å²) in [5, 5.41) is 2.95. The Morgan fingerprint density at radius 2 is 2.00 bits per heavy atom. The third-order valence-electron chi connectivity index (χ3n) is 4.83. The summed E-state index contributed by atoms with van der Waals surface area (Å²) in [6.45, 7) is 0. The van der Waals surface area contributed by atoms with E-state index >= 15 is 0 Å². The minimum absolute atomic E-state index is 0.00206. The molecular weight excluding hydrogens is 333 g/mol. The zero-order chi connectivity index (χ0) is 18.1. The van der Waals surface area contributed by atoms with E-state index in [0.29, 0.717) is 28.2 Å². The molecule has 134 valence electrons. The molecule has 5 nitrogen and oxygen atoms in total. The molecule has 2 atom stereocenters. The van der Waals surface area contributed by atoms with Gasteiger partial charge in [0.05, 0.1) is 0 Å². The Hall–Kier alpha value is -2.73. The fourth-order valence-corrected chi connectivity index (χ4v) is 3.43. The van der Waals surface area contributed by atoms with Gasteiger partial charge in [-0.05, 0) is 55.7 Å². The number of fused-ring (bicyclic) bond motifs is 1. The molecule has 3 aromatic rings. The number of rotatable bonds is 3. The van der Waals surface area contributed by atoms with Gasteiger partial charge in [-0.3, -0.25) is 4.79 Å². The first-order chi connectivity index (χ1) is 12.6. The first kappa shape index (κ1) is 16.7. The predicted molar refractivity (Wildman–Crippen MR) is 98.0 cm³/mol. The van der Waals surface area contributed by atoms with Gasteiger partial charge in [0.25, 0.3) is 0 Å². The van der Waals surface area contributed by atoms with Crippen molar-refractivity contribution in [1.29, 1.82) is 0 Å². The molecular formula is C20H20FN3O2. The number of amides is 1. The summed E-state index contributed by atoms with van der Waals surface area (Å²) in [5.41, 5.74) is 8.59. The molecule has 0 radical (unpaired) electrons. The van der Waals surface area contributed by atoms with Crippen LogP contribution in [-0.4, -0.2) is 16.9 Å². The van der Waals surface area contributed by atoms with Gasteiger partial charge in [-0.2, -0.15) is 0 Å². The van der Waals surface area contributed by atoms with Crippen molar-refractivity contribution in [2.75, 3.05) is 5.32 Å². The van der Waals surface area contributed by atoms with E-state index in [1.807, 2.05) is 0 Å². The van der Waals surface area contributed by atoms with Crippen molar-refractivity contribution in [3.8, 4) is 11.5 Å². The highest BCUT2D eigenvalue weighted by molar-refractivity contribution is 5.94. The maximum atomic E-state index is 13.1. The first-order valence-corrected chi connectivity index (χ1v) is 8.81. The average molecular weight is 353 g/mol. The quantitative estimate of drug-likeness (QED) is 0.743.